The van der Waals surface area contributed by atoms with Gasteiger partial charge in [0.1, 0.15) is 17.1 Å². The van der Waals surface area contributed by atoms with E-state index >= 15 is 0 Å². The fourth-order valence-corrected chi connectivity index (χ4v) is 3.50. The first-order chi connectivity index (χ1) is 12.3. The number of aryl methyl sites for hydroxylation is 2. The molecule has 0 N–H and O–H groups in total. The van der Waals surface area contributed by atoms with Gasteiger partial charge in [-0.3, -0.25) is 0 Å². The van der Waals surface area contributed by atoms with E-state index in [2.05, 4.69) is 69.5 Å². The van der Waals surface area contributed by atoms with Crippen molar-refractivity contribution in [1.82, 2.24) is 4.57 Å². The molecule has 0 unspecified atom stereocenters. The van der Waals surface area contributed by atoms with Crippen molar-refractivity contribution in [3.63, 3.8) is 0 Å². The summed E-state index contributed by atoms with van der Waals surface area (Å²) in [6, 6.07) is 14.8. The smallest absolute Gasteiger partial charge is 0.120 e. The van der Waals surface area contributed by atoms with E-state index in [0.29, 0.717) is 0 Å². The van der Waals surface area contributed by atoms with Crippen LogP contribution in [0.4, 0.5) is 0 Å². The number of methoxy groups -OCH3 is 1. The Kier molecular flexibility index (Phi) is 4.99. The lowest BCUT2D eigenvalue weighted by molar-refractivity contribution is 0.131. The van der Waals surface area contributed by atoms with Gasteiger partial charge in [0, 0.05) is 17.4 Å². The van der Waals surface area contributed by atoms with Crippen LogP contribution in [-0.2, 0) is 6.54 Å². The van der Waals surface area contributed by atoms with Crippen LogP contribution in [0.5, 0.6) is 11.5 Å². The van der Waals surface area contributed by atoms with Crippen LogP contribution in [0.2, 0.25) is 0 Å². The molecule has 0 fully saturated rings. The maximum Gasteiger partial charge on any atom is 0.120 e. The Bertz CT molecular complexity index is 899. The first kappa shape index (κ1) is 18.4. The van der Waals surface area contributed by atoms with Crippen LogP contribution < -0.4 is 9.47 Å². The van der Waals surface area contributed by atoms with Gasteiger partial charge in [-0.25, -0.2) is 0 Å². The second-order valence-electron chi connectivity index (χ2n) is 7.75. The van der Waals surface area contributed by atoms with E-state index in [1.807, 2.05) is 12.1 Å². The zero-order chi connectivity index (χ0) is 18.9. The number of ether oxygens (including phenoxy) is 2. The Hall–Kier alpha value is -2.42. The Morgan fingerprint density at radius 3 is 2.19 bits per heavy atom. The molecule has 3 nitrogen and oxygen atoms in total. The minimum Gasteiger partial charge on any atom is -0.497 e. The van der Waals surface area contributed by atoms with Crippen LogP contribution >= 0.6 is 0 Å². The number of benzene rings is 2. The van der Waals surface area contributed by atoms with Gasteiger partial charge in [0.25, 0.3) is 0 Å². The van der Waals surface area contributed by atoms with Gasteiger partial charge in [-0.1, -0.05) is 6.92 Å². The number of fused-ring (bicyclic) bond motifs is 1. The van der Waals surface area contributed by atoms with Crippen LogP contribution in [0.1, 0.15) is 39.7 Å². The molecule has 0 radical (unpaired) electrons. The minimum atomic E-state index is -0.202. The monoisotopic (exact) mass is 351 g/mol. The van der Waals surface area contributed by atoms with Crippen molar-refractivity contribution >= 4 is 10.9 Å². The number of hydrogen-bond acceptors (Lipinski definition) is 2. The molecule has 0 aliphatic rings. The van der Waals surface area contributed by atoms with Crippen molar-refractivity contribution in [2.75, 3.05) is 7.11 Å². The summed E-state index contributed by atoms with van der Waals surface area (Å²) in [5, 5.41) is 1.26. The molecule has 0 saturated carbocycles. The molecule has 1 aromatic heterocycles. The lowest BCUT2D eigenvalue weighted by Gasteiger charge is -2.21. The number of aromatic nitrogens is 1. The highest BCUT2D eigenvalue weighted by Gasteiger charge is 2.18. The molecule has 0 aliphatic carbocycles. The van der Waals surface area contributed by atoms with Crippen LogP contribution in [0.3, 0.4) is 0 Å². The van der Waals surface area contributed by atoms with Gasteiger partial charge in [0.2, 0.25) is 0 Å². The molecule has 3 heteroatoms. The van der Waals surface area contributed by atoms with Crippen LogP contribution in [0.15, 0.2) is 42.5 Å². The summed E-state index contributed by atoms with van der Waals surface area (Å²) in [5.74, 6) is 1.80. The molecule has 1 heterocycles. The van der Waals surface area contributed by atoms with E-state index in [1.165, 1.54) is 27.7 Å². The van der Waals surface area contributed by atoms with E-state index in [4.69, 9.17) is 9.47 Å². The van der Waals surface area contributed by atoms with Crippen molar-refractivity contribution in [1.29, 1.82) is 0 Å². The molecule has 0 amide bonds. The highest BCUT2D eigenvalue weighted by Crippen LogP contribution is 2.36. The Labute approximate surface area is 156 Å². The SMILES string of the molecule is CCCn1c(-c2ccc(OC)cc2)c(C)c2cc(OC(C)(C)C)ccc21. The van der Waals surface area contributed by atoms with Gasteiger partial charge in [-0.05, 0) is 87.7 Å². The molecule has 0 aliphatic heterocycles. The minimum absolute atomic E-state index is 0.202. The molecule has 26 heavy (non-hydrogen) atoms. The molecule has 2 aromatic carbocycles. The number of hydrogen-bond donors (Lipinski definition) is 0. The van der Waals surface area contributed by atoms with Gasteiger partial charge >= 0.3 is 0 Å². The molecule has 0 saturated heterocycles. The number of rotatable bonds is 5. The average Bonchev–Trinajstić information content (AvgIpc) is 2.86. The van der Waals surface area contributed by atoms with Crippen molar-refractivity contribution in [2.24, 2.45) is 0 Å². The molecule has 138 valence electrons. The fraction of sp³-hybridized carbons (Fsp3) is 0.391. The molecule has 0 bridgehead atoms. The van der Waals surface area contributed by atoms with Crippen molar-refractivity contribution < 1.29 is 9.47 Å². The normalized spacial score (nSPS) is 11.8. The van der Waals surface area contributed by atoms with E-state index in [-0.39, 0.29) is 5.60 Å². The first-order valence-electron chi connectivity index (χ1n) is 9.30. The molecule has 3 rings (SSSR count). The fourth-order valence-electron chi connectivity index (χ4n) is 3.50. The van der Waals surface area contributed by atoms with E-state index in [0.717, 1.165) is 24.5 Å². The highest BCUT2D eigenvalue weighted by molar-refractivity contribution is 5.92. The third-order valence-corrected chi connectivity index (χ3v) is 4.52. The quantitative estimate of drug-likeness (QED) is 0.545. The van der Waals surface area contributed by atoms with Crippen molar-refractivity contribution in [3.05, 3.63) is 48.0 Å². The number of nitrogens with zero attached hydrogens (tertiary/aromatic N) is 1. The Morgan fingerprint density at radius 2 is 1.62 bits per heavy atom. The Morgan fingerprint density at radius 1 is 0.962 bits per heavy atom. The van der Waals surface area contributed by atoms with Gasteiger partial charge in [-0.15, -0.1) is 0 Å². The predicted molar refractivity (Wildman–Crippen MR) is 109 cm³/mol. The molecule has 3 aromatic rings. The maximum absolute atomic E-state index is 6.08. The zero-order valence-electron chi connectivity index (χ0n) is 16.7. The van der Waals surface area contributed by atoms with Crippen molar-refractivity contribution in [3.8, 4) is 22.8 Å². The lowest BCUT2D eigenvalue weighted by Crippen LogP contribution is -2.22. The van der Waals surface area contributed by atoms with Crippen LogP contribution in [0, 0.1) is 6.92 Å². The third-order valence-electron chi connectivity index (χ3n) is 4.52. The summed E-state index contributed by atoms with van der Waals surface area (Å²) in [7, 11) is 1.70. The summed E-state index contributed by atoms with van der Waals surface area (Å²) in [6.07, 6.45) is 1.09. The summed E-state index contributed by atoms with van der Waals surface area (Å²) in [5.41, 5.74) is 4.84. The third kappa shape index (κ3) is 3.57. The van der Waals surface area contributed by atoms with E-state index < -0.39 is 0 Å². The summed E-state index contributed by atoms with van der Waals surface area (Å²) >= 11 is 0. The lowest BCUT2D eigenvalue weighted by atomic mass is 10.1. The Balaban J connectivity index is 2.17. The van der Waals surface area contributed by atoms with Crippen molar-refractivity contribution in [2.45, 2.75) is 53.2 Å². The maximum atomic E-state index is 6.08. The average molecular weight is 351 g/mol. The zero-order valence-corrected chi connectivity index (χ0v) is 16.7. The van der Waals surface area contributed by atoms with E-state index in [9.17, 15) is 0 Å². The molecular formula is C23H29NO2. The summed E-state index contributed by atoms with van der Waals surface area (Å²) in [6.45, 7) is 11.6. The predicted octanol–water partition coefficient (Wildman–Crippen LogP) is 6.21. The topological polar surface area (TPSA) is 23.4 Å². The highest BCUT2D eigenvalue weighted by atomic mass is 16.5. The second kappa shape index (κ2) is 7.06. The van der Waals surface area contributed by atoms with Gasteiger partial charge < -0.3 is 14.0 Å². The second-order valence-corrected chi connectivity index (χ2v) is 7.75. The van der Waals surface area contributed by atoms with Crippen LogP contribution in [-0.4, -0.2) is 17.3 Å². The standard InChI is InChI=1S/C23H29NO2/c1-7-14-24-21-13-12-19(26-23(3,4)5)15-20(21)16(2)22(24)17-8-10-18(25-6)11-9-17/h8-13,15H,7,14H2,1-6H3. The largest absolute Gasteiger partial charge is 0.497 e. The van der Waals surface area contributed by atoms with Gasteiger partial charge in [-0.2, -0.15) is 0 Å². The van der Waals surface area contributed by atoms with Crippen LogP contribution in [0.25, 0.3) is 22.2 Å². The van der Waals surface area contributed by atoms with Gasteiger partial charge in [0.15, 0.2) is 0 Å². The summed E-state index contributed by atoms with van der Waals surface area (Å²) in [4.78, 5) is 0. The molecule has 0 atom stereocenters. The molecular weight excluding hydrogens is 322 g/mol. The first-order valence-corrected chi connectivity index (χ1v) is 9.30. The molecule has 0 spiro atoms. The van der Waals surface area contributed by atoms with E-state index in [1.54, 1.807) is 7.11 Å². The summed E-state index contributed by atoms with van der Waals surface area (Å²) < 4.78 is 13.8. The van der Waals surface area contributed by atoms with Gasteiger partial charge in [0.05, 0.1) is 12.8 Å².